The highest BCUT2D eigenvalue weighted by atomic mass is 32.1. The number of aromatic nitrogens is 1. The van der Waals surface area contributed by atoms with Crippen molar-refractivity contribution in [2.45, 2.75) is 19.8 Å². The summed E-state index contributed by atoms with van der Waals surface area (Å²) >= 11 is 3.06. The number of carbonyl (C=O) groups is 2. The van der Waals surface area contributed by atoms with E-state index in [2.05, 4.69) is 10.3 Å². The van der Waals surface area contributed by atoms with Gasteiger partial charge < -0.3 is 10.2 Å². The third-order valence-electron chi connectivity index (χ3n) is 4.88. The van der Waals surface area contributed by atoms with Gasteiger partial charge in [0.25, 0.3) is 5.91 Å². The lowest BCUT2D eigenvalue weighted by molar-refractivity contribution is -0.121. The minimum absolute atomic E-state index is 0.0235. The summed E-state index contributed by atoms with van der Waals surface area (Å²) in [6.07, 6.45) is 1.65. The van der Waals surface area contributed by atoms with E-state index in [1.807, 2.05) is 54.1 Å². The second kappa shape index (κ2) is 8.24. The van der Waals surface area contributed by atoms with E-state index in [0.717, 1.165) is 39.7 Å². The Morgan fingerprint density at radius 3 is 2.68 bits per heavy atom. The van der Waals surface area contributed by atoms with Gasteiger partial charge in [-0.1, -0.05) is 18.2 Å². The molecule has 1 aliphatic heterocycles. The first kappa shape index (κ1) is 18.8. The average Bonchev–Trinajstić information content (AvgIpc) is 3.40. The molecule has 3 heterocycles. The number of rotatable bonds is 4. The van der Waals surface area contributed by atoms with Crippen LogP contribution in [0.2, 0.25) is 0 Å². The van der Waals surface area contributed by atoms with Crippen LogP contribution < -0.4 is 5.32 Å². The van der Waals surface area contributed by atoms with Gasteiger partial charge in [0.1, 0.15) is 0 Å². The third kappa shape index (κ3) is 4.15. The molecule has 0 radical (unpaired) electrons. The molecule has 2 aromatic heterocycles. The number of benzene rings is 1. The van der Waals surface area contributed by atoms with Gasteiger partial charge in [-0.05, 0) is 43.3 Å². The molecule has 28 heavy (non-hydrogen) atoms. The van der Waals surface area contributed by atoms with E-state index in [-0.39, 0.29) is 17.7 Å². The van der Waals surface area contributed by atoms with Crippen LogP contribution in [0.4, 0.5) is 5.69 Å². The average molecular weight is 412 g/mol. The number of likely N-dealkylation sites (tertiary alicyclic amines) is 1. The van der Waals surface area contributed by atoms with Crippen molar-refractivity contribution in [1.82, 2.24) is 9.88 Å². The van der Waals surface area contributed by atoms with Crippen molar-refractivity contribution in [2.24, 2.45) is 5.92 Å². The summed E-state index contributed by atoms with van der Waals surface area (Å²) in [6, 6.07) is 11.5. The molecule has 0 bridgehead atoms. The van der Waals surface area contributed by atoms with Gasteiger partial charge in [0.2, 0.25) is 5.91 Å². The minimum atomic E-state index is -0.182. The summed E-state index contributed by atoms with van der Waals surface area (Å²) in [5, 5.41) is 7.96. The number of piperidine rings is 1. The SMILES string of the molecule is Cc1nc(-c2ccc(NC(=O)C3CCCN(C(=O)c4cccs4)C3)cc2)cs1. The van der Waals surface area contributed by atoms with Gasteiger partial charge in [-0.15, -0.1) is 22.7 Å². The van der Waals surface area contributed by atoms with Crippen LogP contribution in [-0.2, 0) is 4.79 Å². The van der Waals surface area contributed by atoms with E-state index in [9.17, 15) is 9.59 Å². The summed E-state index contributed by atoms with van der Waals surface area (Å²) < 4.78 is 0. The fourth-order valence-corrected chi connectivity index (χ4v) is 4.71. The molecule has 1 aliphatic rings. The summed E-state index contributed by atoms with van der Waals surface area (Å²) in [7, 11) is 0. The molecular weight excluding hydrogens is 390 g/mol. The molecule has 1 fully saturated rings. The monoisotopic (exact) mass is 411 g/mol. The van der Waals surface area contributed by atoms with Gasteiger partial charge in [-0.25, -0.2) is 4.98 Å². The Kier molecular flexibility index (Phi) is 5.54. The largest absolute Gasteiger partial charge is 0.337 e. The Labute approximate surface area is 172 Å². The molecule has 1 atom stereocenters. The second-order valence-corrected chi connectivity index (χ2v) is 8.90. The van der Waals surface area contributed by atoms with Crippen LogP contribution in [-0.4, -0.2) is 34.8 Å². The quantitative estimate of drug-likeness (QED) is 0.679. The van der Waals surface area contributed by atoms with Crippen molar-refractivity contribution in [3.8, 4) is 11.3 Å². The number of thiophene rings is 1. The molecule has 2 amide bonds. The molecule has 1 aromatic carbocycles. The second-order valence-electron chi connectivity index (χ2n) is 6.89. The summed E-state index contributed by atoms with van der Waals surface area (Å²) in [4.78, 5) is 32.3. The molecule has 0 spiro atoms. The van der Waals surface area contributed by atoms with Crippen LogP contribution >= 0.6 is 22.7 Å². The molecule has 5 nitrogen and oxygen atoms in total. The lowest BCUT2D eigenvalue weighted by Gasteiger charge is -2.31. The Morgan fingerprint density at radius 2 is 2.00 bits per heavy atom. The Bertz CT molecular complexity index is 964. The standard InChI is InChI=1S/C21H21N3O2S2/c1-14-22-18(13-28-14)15-6-8-17(9-7-15)23-20(25)16-4-2-10-24(12-16)21(26)19-5-3-11-27-19/h3,5-9,11,13,16H,2,4,10,12H2,1H3,(H,23,25). The van der Waals surface area contributed by atoms with E-state index in [4.69, 9.17) is 0 Å². The number of aryl methyl sites for hydroxylation is 1. The van der Waals surface area contributed by atoms with E-state index in [1.165, 1.54) is 11.3 Å². The summed E-state index contributed by atoms with van der Waals surface area (Å²) in [5.74, 6) is -0.185. The molecule has 1 unspecified atom stereocenters. The van der Waals surface area contributed by atoms with Crippen LogP contribution in [0.25, 0.3) is 11.3 Å². The fraction of sp³-hybridized carbons (Fsp3) is 0.286. The lowest BCUT2D eigenvalue weighted by Crippen LogP contribution is -2.43. The molecule has 0 saturated carbocycles. The van der Waals surface area contributed by atoms with Crippen molar-refractivity contribution in [3.63, 3.8) is 0 Å². The molecule has 144 valence electrons. The fourth-order valence-electron chi connectivity index (χ4n) is 3.40. The van der Waals surface area contributed by atoms with E-state index in [0.29, 0.717) is 13.1 Å². The van der Waals surface area contributed by atoms with Gasteiger partial charge in [0.05, 0.1) is 21.5 Å². The van der Waals surface area contributed by atoms with E-state index in [1.54, 1.807) is 16.2 Å². The van der Waals surface area contributed by atoms with Gasteiger partial charge in [-0.2, -0.15) is 0 Å². The third-order valence-corrected chi connectivity index (χ3v) is 6.51. The molecule has 1 saturated heterocycles. The minimum Gasteiger partial charge on any atom is -0.337 e. The molecule has 0 aliphatic carbocycles. The molecule has 7 heteroatoms. The van der Waals surface area contributed by atoms with Crippen molar-refractivity contribution in [1.29, 1.82) is 0 Å². The highest BCUT2D eigenvalue weighted by Crippen LogP contribution is 2.25. The van der Waals surface area contributed by atoms with Gasteiger partial charge in [-0.3, -0.25) is 9.59 Å². The number of thiazole rings is 1. The Balaban J connectivity index is 1.38. The number of hydrogen-bond acceptors (Lipinski definition) is 5. The van der Waals surface area contributed by atoms with Crippen LogP contribution in [0.3, 0.4) is 0 Å². The van der Waals surface area contributed by atoms with Crippen LogP contribution in [0.1, 0.15) is 27.5 Å². The predicted molar refractivity (Wildman–Crippen MR) is 114 cm³/mol. The van der Waals surface area contributed by atoms with Crippen LogP contribution in [0.5, 0.6) is 0 Å². The number of nitrogens with one attached hydrogen (secondary N) is 1. The maximum atomic E-state index is 12.7. The topological polar surface area (TPSA) is 62.3 Å². The number of hydrogen-bond donors (Lipinski definition) is 1. The van der Waals surface area contributed by atoms with Crippen LogP contribution in [0.15, 0.2) is 47.2 Å². The first-order valence-electron chi connectivity index (χ1n) is 9.26. The molecule has 1 N–H and O–H groups in total. The van der Waals surface area contributed by atoms with E-state index < -0.39 is 0 Å². The van der Waals surface area contributed by atoms with Crippen molar-refractivity contribution in [2.75, 3.05) is 18.4 Å². The molecule has 3 aromatic rings. The summed E-state index contributed by atoms with van der Waals surface area (Å²) in [6.45, 7) is 3.17. The van der Waals surface area contributed by atoms with Crippen molar-refractivity contribution < 1.29 is 9.59 Å². The summed E-state index contributed by atoms with van der Waals surface area (Å²) in [5.41, 5.74) is 2.76. The van der Waals surface area contributed by atoms with Crippen LogP contribution in [0, 0.1) is 12.8 Å². The zero-order valence-corrected chi connectivity index (χ0v) is 17.2. The van der Waals surface area contributed by atoms with Gasteiger partial charge in [0, 0.05) is 29.7 Å². The Hall–Kier alpha value is -2.51. The first-order valence-corrected chi connectivity index (χ1v) is 11.0. The molecule has 4 rings (SSSR count). The Morgan fingerprint density at radius 1 is 1.18 bits per heavy atom. The number of carbonyl (C=O) groups excluding carboxylic acids is 2. The van der Waals surface area contributed by atoms with Gasteiger partial charge in [0.15, 0.2) is 0 Å². The number of nitrogens with zero attached hydrogens (tertiary/aromatic N) is 2. The zero-order chi connectivity index (χ0) is 19.5. The number of anilines is 1. The lowest BCUT2D eigenvalue weighted by atomic mass is 9.96. The highest BCUT2D eigenvalue weighted by Gasteiger charge is 2.29. The zero-order valence-electron chi connectivity index (χ0n) is 15.6. The first-order chi connectivity index (χ1) is 13.6. The maximum absolute atomic E-state index is 12.7. The van der Waals surface area contributed by atoms with E-state index >= 15 is 0 Å². The van der Waals surface area contributed by atoms with Crippen molar-refractivity contribution in [3.05, 3.63) is 57.0 Å². The normalized spacial score (nSPS) is 16.8. The maximum Gasteiger partial charge on any atom is 0.263 e. The van der Waals surface area contributed by atoms with Crippen molar-refractivity contribution >= 4 is 40.2 Å². The smallest absolute Gasteiger partial charge is 0.263 e. The molecular formula is C21H21N3O2S2. The highest BCUT2D eigenvalue weighted by molar-refractivity contribution is 7.12. The number of amides is 2. The predicted octanol–water partition coefficient (Wildman–Crippen LogP) is 4.67. The van der Waals surface area contributed by atoms with Gasteiger partial charge >= 0.3 is 0 Å².